The second kappa shape index (κ2) is 5.70. The monoisotopic (exact) mass is 197 g/mol. The van der Waals surface area contributed by atoms with Crippen molar-refractivity contribution in [3.05, 3.63) is 12.2 Å². The molecule has 80 valence electrons. The average molecular weight is 197 g/mol. The van der Waals surface area contributed by atoms with Crippen LogP contribution in [0, 0.1) is 5.41 Å². The van der Waals surface area contributed by atoms with Crippen molar-refractivity contribution in [1.29, 1.82) is 0 Å². The molecule has 0 rings (SSSR count). The third-order valence-electron chi connectivity index (χ3n) is 1.84. The van der Waals surface area contributed by atoms with E-state index >= 15 is 0 Å². The number of rotatable bonds is 5. The Hall–Kier alpha value is -0.960. The Balaban J connectivity index is 4.12. The van der Waals surface area contributed by atoms with E-state index in [0.717, 1.165) is 0 Å². The highest BCUT2D eigenvalue weighted by Crippen LogP contribution is 2.14. The number of ketones is 1. The van der Waals surface area contributed by atoms with Crippen molar-refractivity contribution in [2.45, 2.75) is 33.3 Å². The van der Waals surface area contributed by atoms with Crippen LogP contribution in [0.1, 0.15) is 27.2 Å². The Morgan fingerprint density at radius 2 is 2.14 bits per heavy atom. The number of carbonyl (C=O) groups is 1. The summed E-state index contributed by atoms with van der Waals surface area (Å²) >= 11 is 0. The summed E-state index contributed by atoms with van der Waals surface area (Å²) in [5.74, 6) is -0.198. The van der Waals surface area contributed by atoms with Crippen molar-refractivity contribution >= 4 is 12.0 Å². The van der Waals surface area contributed by atoms with Gasteiger partial charge in [0.15, 0.2) is 5.78 Å². The van der Waals surface area contributed by atoms with Crippen LogP contribution in [0.15, 0.2) is 17.1 Å². The van der Waals surface area contributed by atoms with Gasteiger partial charge in [0.1, 0.15) is 6.10 Å². The predicted octanol–water partition coefficient (Wildman–Crippen LogP) is 1.61. The normalized spacial score (nSPS) is 15.2. The molecule has 0 bridgehead atoms. The standard InChI is InChI=1S/C11H19NO2/c1-9(13)10(14)6-5-7-11(2,3)8-12-4/h5,7-8,10,14H,6H2,1-4H3/b7-5-,12-8?/t10-/m1/s1. The molecule has 14 heavy (non-hydrogen) atoms. The molecular weight excluding hydrogens is 178 g/mol. The summed E-state index contributed by atoms with van der Waals surface area (Å²) in [7, 11) is 1.72. The minimum Gasteiger partial charge on any atom is -0.385 e. The number of hydrogen-bond acceptors (Lipinski definition) is 3. The molecule has 0 aliphatic heterocycles. The summed E-state index contributed by atoms with van der Waals surface area (Å²) in [6.07, 6.45) is 5.07. The van der Waals surface area contributed by atoms with Crippen molar-refractivity contribution in [3.63, 3.8) is 0 Å². The van der Waals surface area contributed by atoms with E-state index in [1.165, 1.54) is 6.92 Å². The summed E-state index contributed by atoms with van der Waals surface area (Å²) in [4.78, 5) is 14.6. The van der Waals surface area contributed by atoms with Gasteiger partial charge in [0.25, 0.3) is 0 Å². The van der Waals surface area contributed by atoms with Gasteiger partial charge in [-0.25, -0.2) is 0 Å². The number of aliphatic hydroxyl groups is 1. The average Bonchev–Trinajstić information content (AvgIpc) is 2.03. The number of aliphatic hydroxyl groups excluding tert-OH is 1. The fraction of sp³-hybridized carbons (Fsp3) is 0.636. The molecule has 0 aromatic heterocycles. The Morgan fingerprint density at radius 1 is 1.57 bits per heavy atom. The molecule has 0 saturated carbocycles. The summed E-state index contributed by atoms with van der Waals surface area (Å²) in [5, 5.41) is 9.22. The molecule has 3 nitrogen and oxygen atoms in total. The van der Waals surface area contributed by atoms with Gasteiger partial charge in [-0.15, -0.1) is 0 Å². The molecule has 1 N–H and O–H groups in total. The van der Waals surface area contributed by atoms with Crippen molar-refractivity contribution in [3.8, 4) is 0 Å². The van der Waals surface area contributed by atoms with Crippen LogP contribution < -0.4 is 0 Å². The van der Waals surface area contributed by atoms with E-state index in [2.05, 4.69) is 4.99 Å². The minimum absolute atomic E-state index is 0.120. The number of carbonyl (C=O) groups excluding carboxylic acids is 1. The van der Waals surface area contributed by atoms with Gasteiger partial charge < -0.3 is 5.11 Å². The van der Waals surface area contributed by atoms with E-state index < -0.39 is 6.10 Å². The number of hydrogen-bond donors (Lipinski definition) is 1. The first kappa shape index (κ1) is 13.0. The van der Waals surface area contributed by atoms with Gasteiger partial charge in [-0.3, -0.25) is 9.79 Å². The molecule has 0 aliphatic carbocycles. The molecule has 1 atom stereocenters. The van der Waals surface area contributed by atoms with Crippen LogP contribution in [0.2, 0.25) is 0 Å². The number of allylic oxidation sites excluding steroid dienone is 1. The van der Waals surface area contributed by atoms with Gasteiger partial charge in [-0.1, -0.05) is 26.0 Å². The molecule has 0 spiro atoms. The fourth-order valence-electron chi connectivity index (χ4n) is 1.04. The number of nitrogens with zero attached hydrogens (tertiary/aromatic N) is 1. The van der Waals surface area contributed by atoms with Crippen molar-refractivity contribution in [1.82, 2.24) is 0 Å². The first-order valence-corrected chi connectivity index (χ1v) is 4.68. The second-order valence-corrected chi connectivity index (χ2v) is 3.97. The number of aliphatic imine (C=N–C) groups is 1. The van der Waals surface area contributed by atoms with Gasteiger partial charge in [0.05, 0.1) is 0 Å². The van der Waals surface area contributed by atoms with Crippen LogP contribution in [0.25, 0.3) is 0 Å². The first-order valence-electron chi connectivity index (χ1n) is 4.68. The summed E-state index contributed by atoms with van der Waals surface area (Å²) in [6.45, 7) is 5.41. The molecule has 0 fully saturated rings. The quantitative estimate of drug-likeness (QED) is 0.537. The van der Waals surface area contributed by atoms with Crippen molar-refractivity contribution < 1.29 is 9.90 Å². The molecule has 0 unspecified atom stereocenters. The Labute approximate surface area is 85.6 Å². The van der Waals surface area contributed by atoms with Crippen LogP contribution in [-0.4, -0.2) is 30.3 Å². The third-order valence-corrected chi connectivity index (χ3v) is 1.84. The first-order chi connectivity index (χ1) is 6.39. The third kappa shape index (κ3) is 5.65. The predicted molar refractivity (Wildman–Crippen MR) is 58.6 cm³/mol. The lowest BCUT2D eigenvalue weighted by Gasteiger charge is -2.13. The molecule has 0 aliphatic rings. The molecular formula is C11H19NO2. The van der Waals surface area contributed by atoms with Gasteiger partial charge >= 0.3 is 0 Å². The lowest BCUT2D eigenvalue weighted by molar-refractivity contribution is -0.124. The molecule has 3 heteroatoms. The molecule has 0 amide bonds. The maximum absolute atomic E-state index is 10.7. The topological polar surface area (TPSA) is 49.7 Å². The van der Waals surface area contributed by atoms with Crippen molar-refractivity contribution in [2.24, 2.45) is 10.4 Å². The number of Topliss-reactive ketones (excluding diaryl/α,β-unsaturated/α-hetero) is 1. The smallest absolute Gasteiger partial charge is 0.158 e. The Kier molecular flexibility index (Phi) is 5.31. The van der Waals surface area contributed by atoms with E-state index in [-0.39, 0.29) is 11.2 Å². The maximum Gasteiger partial charge on any atom is 0.158 e. The molecule has 0 aromatic carbocycles. The van der Waals surface area contributed by atoms with Crippen molar-refractivity contribution in [2.75, 3.05) is 7.05 Å². The van der Waals surface area contributed by atoms with E-state index in [1.807, 2.05) is 32.2 Å². The lowest BCUT2D eigenvalue weighted by Crippen LogP contribution is -2.16. The van der Waals surface area contributed by atoms with Crippen LogP contribution in [0.3, 0.4) is 0 Å². The van der Waals surface area contributed by atoms with Gasteiger partial charge in [0.2, 0.25) is 0 Å². The maximum atomic E-state index is 10.7. The zero-order chi connectivity index (χ0) is 11.2. The Morgan fingerprint density at radius 3 is 2.57 bits per heavy atom. The highest BCUT2D eigenvalue weighted by Gasteiger charge is 2.11. The highest BCUT2D eigenvalue weighted by atomic mass is 16.3. The Bertz CT molecular complexity index is 242. The van der Waals surface area contributed by atoms with Crippen LogP contribution in [-0.2, 0) is 4.79 Å². The second-order valence-electron chi connectivity index (χ2n) is 3.97. The van der Waals surface area contributed by atoms with Crippen LogP contribution in [0.5, 0.6) is 0 Å². The highest BCUT2D eigenvalue weighted by molar-refractivity contribution is 5.80. The van der Waals surface area contributed by atoms with Gasteiger partial charge in [0, 0.05) is 18.7 Å². The van der Waals surface area contributed by atoms with E-state index in [1.54, 1.807) is 7.05 Å². The van der Waals surface area contributed by atoms with Gasteiger partial charge in [-0.05, 0) is 13.3 Å². The molecule has 0 saturated heterocycles. The van der Waals surface area contributed by atoms with E-state index in [0.29, 0.717) is 6.42 Å². The van der Waals surface area contributed by atoms with Crippen LogP contribution >= 0.6 is 0 Å². The SMILES string of the molecule is CN=CC(C)(C)/C=C\C[C@@H](O)C(C)=O. The zero-order valence-corrected chi connectivity index (χ0v) is 9.32. The molecule has 0 aromatic rings. The van der Waals surface area contributed by atoms with E-state index in [4.69, 9.17) is 0 Å². The summed E-state index contributed by atoms with van der Waals surface area (Å²) in [6, 6.07) is 0. The summed E-state index contributed by atoms with van der Waals surface area (Å²) < 4.78 is 0. The molecule has 0 radical (unpaired) electrons. The zero-order valence-electron chi connectivity index (χ0n) is 9.32. The van der Waals surface area contributed by atoms with Crippen LogP contribution in [0.4, 0.5) is 0 Å². The molecule has 0 heterocycles. The summed E-state index contributed by atoms with van der Waals surface area (Å²) in [5.41, 5.74) is -0.120. The lowest BCUT2D eigenvalue weighted by atomic mass is 9.94. The minimum atomic E-state index is -0.874. The van der Waals surface area contributed by atoms with Gasteiger partial charge in [-0.2, -0.15) is 0 Å². The van der Waals surface area contributed by atoms with E-state index in [9.17, 15) is 9.90 Å². The fourth-order valence-corrected chi connectivity index (χ4v) is 1.04. The largest absolute Gasteiger partial charge is 0.385 e.